The molecule has 0 atom stereocenters. The highest BCUT2D eigenvalue weighted by molar-refractivity contribution is 6.30. The number of primary amides is 1. The third-order valence-electron chi connectivity index (χ3n) is 3.48. The molecule has 0 unspecified atom stereocenters. The van der Waals surface area contributed by atoms with Crippen LogP contribution in [0.5, 0.6) is 0 Å². The average Bonchev–Trinajstić information content (AvgIpc) is 2.52. The van der Waals surface area contributed by atoms with Gasteiger partial charge in [-0.2, -0.15) is 0 Å². The number of carbonyl (C=O) groups is 3. The summed E-state index contributed by atoms with van der Waals surface area (Å²) in [5.74, 6) is -1.68. The van der Waals surface area contributed by atoms with Crippen LogP contribution in [0.3, 0.4) is 0 Å². The molecule has 0 fully saturated rings. The predicted molar refractivity (Wildman–Crippen MR) is 77.1 cm³/mol. The van der Waals surface area contributed by atoms with Crippen LogP contribution in [0.4, 0.5) is 5.69 Å². The molecular weight excluding hydrogens is 284 g/mol. The minimum atomic E-state index is -0.843. The van der Waals surface area contributed by atoms with Crippen LogP contribution in [-0.2, 0) is 0 Å². The van der Waals surface area contributed by atoms with E-state index in [9.17, 15) is 14.4 Å². The van der Waals surface area contributed by atoms with Gasteiger partial charge >= 0.3 is 0 Å². The molecule has 2 aromatic carbocycles. The van der Waals surface area contributed by atoms with Gasteiger partial charge < -0.3 is 5.73 Å². The number of amides is 1. The van der Waals surface area contributed by atoms with Crippen LogP contribution in [0.15, 0.2) is 41.5 Å². The molecule has 7 nitrogen and oxygen atoms in total. The highest BCUT2D eigenvalue weighted by atomic mass is 16.1. The normalized spacial score (nSPS) is 12.2. The highest BCUT2D eigenvalue weighted by Crippen LogP contribution is 2.35. The van der Waals surface area contributed by atoms with E-state index in [2.05, 4.69) is 10.0 Å². The number of ketones is 2. The SMILES string of the molecule is [N-]=[N+]=Nc1c(C(N)=O)ccc2c1C(=O)c1ccccc1C2=O. The summed E-state index contributed by atoms with van der Waals surface area (Å²) in [5, 5.41) is 3.41. The predicted octanol–water partition coefficient (Wildman–Crippen LogP) is 2.50. The van der Waals surface area contributed by atoms with Crippen molar-refractivity contribution in [1.82, 2.24) is 0 Å². The minimum Gasteiger partial charge on any atom is -0.366 e. The first-order valence-electron chi connectivity index (χ1n) is 6.26. The molecule has 0 aliphatic heterocycles. The van der Waals surface area contributed by atoms with Crippen LogP contribution in [0.25, 0.3) is 10.4 Å². The largest absolute Gasteiger partial charge is 0.366 e. The van der Waals surface area contributed by atoms with Gasteiger partial charge in [0, 0.05) is 32.7 Å². The van der Waals surface area contributed by atoms with Gasteiger partial charge in [-0.15, -0.1) is 0 Å². The number of carbonyl (C=O) groups excluding carboxylic acids is 3. The van der Waals surface area contributed by atoms with Crippen molar-refractivity contribution in [3.05, 3.63) is 74.7 Å². The Hall–Kier alpha value is -3.44. The molecule has 0 radical (unpaired) electrons. The summed E-state index contributed by atoms with van der Waals surface area (Å²) in [4.78, 5) is 39.2. The van der Waals surface area contributed by atoms with E-state index in [-0.39, 0.29) is 39.3 Å². The number of nitrogens with two attached hydrogens (primary N) is 1. The number of hydrogen-bond acceptors (Lipinski definition) is 4. The summed E-state index contributed by atoms with van der Waals surface area (Å²) in [7, 11) is 0. The molecule has 0 heterocycles. The fourth-order valence-corrected chi connectivity index (χ4v) is 2.52. The van der Waals surface area contributed by atoms with Crippen molar-refractivity contribution in [3.8, 4) is 0 Å². The van der Waals surface area contributed by atoms with Gasteiger partial charge in [0.2, 0.25) is 5.91 Å². The van der Waals surface area contributed by atoms with Crippen LogP contribution < -0.4 is 5.73 Å². The zero-order valence-corrected chi connectivity index (χ0v) is 11.1. The maximum absolute atomic E-state index is 12.6. The van der Waals surface area contributed by atoms with E-state index in [1.807, 2.05) is 0 Å². The lowest BCUT2D eigenvalue weighted by Crippen LogP contribution is -2.22. The van der Waals surface area contributed by atoms with Crippen LogP contribution in [0.2, 0.25) is 0 Å². The lowest BCUT2D eigenvalue weighted by atomic mass is 9.82. The molecule has 0 saturated carbocycles. The average molecular weight is 292 g/mol. The van der Waals surface area contributed by atoms with Crippen molar-refractivity contribution in [1.29, 1.82) is 0 Å². The monoisotopic (exact) mass is 292 g/mol. The van der Waals surface area contributed by atoms with Gasteiger partial charge in [0.15, 0.2) is 11.6 Å². The van der Waals surface area contributed by atoms with Crippen molar-refractivity contribution in [3.63, 3.8) is 0 Å². The summed E-state index contributed by atoms with van der Waals surface area (Å²) in [6, 6.07) is 8.97. The Bertz CT molecular complexity index is 911. The molecule has 1 aliphatic carbocycles. The number of benzene rings is 2. The van der Waals surface area contributed by atoms with Crippen LogP contribution in [-0.4, -0.2) is 17.5 Å². The van der Waals surface area contributed by atoms with Crippen LogP contribution >= 0.6 is 0 Å². The molecule has 106 valence electrons. The minimum absolute atomic E-state index is 0.0854. The Balaban J connectivity index is 2.40. The first kappa shape index (κ1) is 13.5. The second kappa shape index (κ2) is 4.83. The van der Waals surface area contributed by atoms with Crippen molar-refractivity contribution in [2.75, 3.05) is 0 Å². The molecule has 0 bridgehead atoms. The smallest absolute Gasteiger partial charge is 0.249 e. The van der Waals surface area contributed by atoms with Crippen molar-refractivity contribution < 1.29 is 14.4 Å². The lowest BCUT2D eigenvalue weighted by molar-refractivity contribution is 0.0977. The van der Waals surface area contributed by atoms with E-state index in [4.69, 9.17) is 11.3 Å². The Morgan fingerprint density at radius 3 is 2.23 bits per heavy atom. The van der Waals surface area contributed by atoms with E-state index in [0.29, 0.717) is 0 Å². The lowest BCUT2D eigenvalue weighted by Gasteiger charge is -2.19. The summed E-state index contributed by atoms with van der Waals surface area (Å²) < 4.78 is 0. The molecule has 3 rings (SSSR count). The number of hydrogen-bond donors (Lipinski definition) is 1. The highest BCUT2D eigenvalue weighted by Gasteiger charge is 2.32. The maximum Gasteiger partial charge on any atom is 0.249 e. The maximum atomic E-state index is 12.6. The summed E-state index contributed by atoms with van der Waals surface area (Å²) >= 11 is 0. The molecule has 22 heavy (non-hydrogen) atoms. The zero-order valence-electron chi connectivity index (χ0n) is 11.1. The number of rotatable bonds is 2. The molecule has 0 spiro atoms. The number of azide groups is 1. The fourth-order valence-electron chi connectivity index (χ4n) is 2.52. The zero-order chi connectivity index (χ0) is 15.9. The van der Waals surface area contributed by atoms with Gasteiger partial charge in [0.05, 0.1) is 5.69 Å². The van der Waals surface area contributed by atoms with Crippen LogP contribution in [0.1, 0.15) is 42.2 Å². The second-order valence-electron chi connectivity index (χ2n) is 4.64. The molecule has 2 N–H and O–H groups in total. The van der Waals surface area contributed by atoms with Crippen molar-refractivity contribution in [2.45, 2.75) is 0 Å². The first-order valence-corrected chi connectivity index (χ1v) is 6.26. The van der Waals surface area contributed by atoms with Crippen LogP contribution in [0, 0.1) is 0 Å². The second-order valence-corrected chi connectivity index (χ2v) is 4.64. The van der Waals surface area contributed by atoms with Gasteiger partial charge in [0.1, 0.15) is 0 Å². The van der Waals surface area contributed by atoms with E-state index in [0.717, 1.165) is 0 Å². The van der Waals surface area contributed by atoms with Crippen molar-refractivity contribution in [2.24, 2.45) is 10.8 Å². The fraction of sp³-hybridized carbons (Fsp3) is 0. The topological polar surface area (TPSA) is 126 Å². The molecule has 0 aromatic heterocycles. The molecule has 0 saturated heterocycles. The van der Waals surface area contributed by atoms with Gasteiger partial charge in [-0.1, -0.05) is 29.4 Å². The summed E-state index contributed by atoms with van der Waals surface area (Å²) in [5.41, 5.74) is 14.1. The first-order chi connectivity index (χ1) is 10.6. The molecule has 2 aromatic rings. The standard InChI is InChI=1S/C15H8N4O3/c16-15(22)10-6-5-9-11(12(10)18-19-17)14(21)8-4-2-1-3-7(8)13(9)20/h1-6H,(H2,16,22). The van der Waals surface area contributed by atoms with Gasteiger partial charge in [-0.05, 0) is 17.7 Å². The quantitative estimate of drug-likeness (QED) is 0.443. The summed E-state index contributed by atoms with van der Waals surface area (Å²) in [6.07, 6.45) is 0. The van der Waals surface area contributed by atoms with Gasteiger partial charge in [-0.3, -0.25) is 14.4 Å². The number of fused-ring (bicyclic) bond motifs is 2. The molecular formula is C15H8N4O3. The van der Waals surface area contributed by atoms with Gasteiger partial charge in [0.25, 0.3) is 0 Å². The molecule has 7 heteroatoms. The van der Waals surface area contributed by atoms with E-state index < -0.39 is 11.7 Å². The van der Waals surface area contributed by atoms with Crippen molar-refractivity contribution >= 4 is 23.2 Å². The Kier molecular flexibility index (Phi) is 2.98. The van der Waals surface area contributed by atoms with E-state index in [1.165, 1.54) is 18.2 Å². The Morgan fingerprint density at radius 1 is 1.00 bits per heavy atom. The molecule has 1 amide bonds. The van der Waals surface area contributed by atoms with Gasteiger partial charge in [-0.25, -0.2) is 0 Å². The summed E-state index contributed by atoms with van der Waals surface area (Å²) in [6.45, 7) is 0. The Labute approximate surface area is 124 Å². The van der Waals surface area contributed by atoms with E-state index >= 15 is 0 Å². The molecule has 1 aliphatic rings. The third kappa shape index (κ3) is 1.77. The Morgan fingerprint density at radius 2 is 1.64 bits per heavy atom. The number of nitrogens with zero attached hydrogens (tertiary/aromatic N) is 3. The third-order valence-corrected chi connectivity index (χ3v) is 3.48. The van der Waals surface area contributed by atoms with E-state index in [1.54, 1.807) is 18.2 Å².